The van der Waals surface area contributed by atoms with Crippen LogP contribution < -0.4 is 5.32 Å². The zero-order valence-electron chi connectivity index (χ0n) is 9.64. The van der Waals surface area contributed by atoms with Crippen LogP contribution in [0.15, 0.2) is 35.8 Å². The molecule has 17 heavy (non-hydrogen) atoms. The molecule has 1 aromatic carbocycles. The van der Waals surface area contributed by atoms with E-state index in [-0.39, 0.29) is 5.78 Å². The maximum absolute atomic E-state index is 11.4. The van der Waals surface area contributed by atoms with E-state index in [2.05, 4.69) is 10.3 Å². The van der Waals surface area contributed by atoms with Gasteiger partial charge in [-0.3, -0.25) is 4.79 Å². The van der Waals surface area contributed by atoms with Crippen molar-refractivity contribution in [2.45, 2.75) is 19.9 Å². The molecule has 0 aliphatic carbocycles. The van der Waals surface area contributed by atoms with Crippen LogP contribution in [0.3, 0.4) is 0 Å². The maximum atomic E-state index is 11.4. The van der Waals surface area contributed by atoms with E-state index in [1.165, 1.54) is 0 Å². The van der Waals surface area contributed by atoms with Gasteiger partial charge in [0.1, 0.15) is 5.01 Å². The minimum Gasteiger partial charge on any atom is -0.379 e. The molecular formula is C13H14N2OS. The Labute approximate surface area is 105 Å². The van der Waals surface area contributed by atoms with E-state index < -0.39 is 0 Å². The fourth-order valence-corrected chi connectivity index (χ4v) is 2.05. The van der Waals surface area contributed by atoms with Crippen LogP contribution in [0.2, 0.25) is 0 Å². The molecule has 0 atom stereocenters. The Balaban J connectivity index is 1.96. The number of nitrogens with zero attached hydrogens (tertiary/aromatic N) is 1. The molecule has 3 nitrogen and oxygen atoms in total. The molecular weight excluding hydrogens is 232 g/mol. The normalized spacial score (nSPS) is 10.2. The summed E-state index contributed by atoms with van der Waals surface area (Å²) in [5.74, 6) is 0.177. The summed E-state index contributed by atoms with van der Waals surface area (Å²) in [5, 5.41) is 6.28. The predicted molar refractivity (Wildman–Crippen MR) is 70.5 cm³/mol. The van der Waals surface area contributed by atoms with Gasteiger partial charge < -0.3 is 5.32 Å². The first-order chi connectivity index (χ1) is 8.29. The highest BCUT2D eigenvalue weighted by Crippen LogP contribution is 2.13. The van der Waals surface area contributed by atoms with Gasteiger partial charge in [-0.1, -0.05) is 6.92 Å². The number of anilines is 1. The van der Waals surface area contributed by atoms with Gasteiger partial charge in [0.25, 0.3) is 0 Å². The third-order valence-corrected chi connectivity index (χ3v) is 3.23. The van der Waals surface area contributed by atoms with Crippen LogP contribution in [-0.2, 0) is 6.54 Å². The van der Waals surface area contributed by atoms with Crippen molar-refractivity contribution in [2.75, 3.05) is 5.32 Å². The summed E-state index contributed by atoms with van der Waals surface area (Å²) in [6.07, 6.45) is 2.34. The molecule has 1 N–H and O–H groups in total. The Hall–Kier alpha value is -1.68. The van der Waals surface area contributed by atoms with Gasteiger partial charge >= 0.3 is 0 Å². The first kappa shape index (κ1) is 11.8. The molecule has 0 fully saturated rings. The lowest BCUT2D eigenvalue weighted by molar-refractivity contribution is 0.0988. The van der Waals surface area contributed by atoms with Crippen LogP contribution >= 0.6 is 11.3 Å². The number of nitrogens with one attached hydrogen (secondary N) is 1. The van der Waals surface area contributed by atoms with Gasteiger partial charge in [-0.05, 0) is 24.3 Å². The van der Waals surface area contributed by atoms with Gasteiger partial charge in [0.05, 0.1) is 6.54 Å². The molecule has 1 heterocycles. The van der Waals surface area contributed by atoms with E-state index in [0.717, 1.165) is 22.8 Å². The molecule has 0 saturated carbocycles. The molecule has 4 heteroatoms. The van der Waals surface area contributed by atoms with Gasteiger partial charge in [-0.15, -0.1) is 11.3 Å². The highest BCUT2D eigenvalue weighted by molar-refractivity contribution is 7.09. The Morgan fingerprint density at radius 2 is 2.12 bits per heavy atom. The van der Waals surface area contributed by atoms with Crippen molar-refractivity contribution >= 4 is 22.8 Å². The largest absolute Gasteiger partial charge is 0.379 e. The molecule has 0 radical (unpaired) electrons. The van der Waals surface area contributed by atoms with E-state index >= 15 is 0 Å². The number of aromatic nitrogens is 1. The standard InChI is InChI=1S/C13H14N2OS/c1-2-12(16)10-3-5-11(6-4-10)15-9-13-14-7-8-17-13/h3-8,15H,2,9H2,1H3. The average Bonchev–Trinajstić information content (AvgIpc) is 2.89. The Bertz CT molecular complexity index is 477. The number of hydrogen-bond acceptors (Lipinski definition) is 4. The third-order valence-electron chi connectivity index (χ3n) is 2.46. The van der Waals surface area contributed by atoms with E-state index in [4.69, 9.17) is 0 Å². The van der Waals surface area contributed by atoms with Crippen LogP contribution in [-0.4, -0.2) is 10.8 Å². The molecule has 0 aliphatic rings. The number of hydrogen-bond donors (Lipinski definition) is 1. The lowest BCUT2D eigenvalue weighted by Crippen LogP contribution is -2.00. The Morgan fingerprint density at radius 3 is 2.71 bits per heavy atom. The lowest BCUT2D eigenvalue weighted by Gasteiger charge is -2.05. The Kier molecular flexibility index (Phi) is 3.88. The molecule has 1 aromatic heterocycles. The SMILES string of the molecule is CCC(=O)c1ccc(NCc2nccs2)cc1. The molecule has 0 spiro atoms. The molecule has 0 aliphatic heterocycles. The van der Waals surface area contributed by atoms with Crippen LogP contribution in [0.1, 0.15) is 28.7 Å². The second-order valence-corrected chi connectivity index (χ2v) is 4.61. The van der Waals surface area contributed by atoms with Crippen LogP contribution in [0, 0.1) is 0 Å². The monoisotopic (exact) mass is 246 g/mol. The first-order valence-electron chi connectivity index (χ1n) is 5.55. The summed E-state index contributed by atoms with van der Waals surface area (Å²) in [4.78, 5) is 15.6. The van der Waals surface area contributed by atoms with Gasteiger partial charge in [0, 0.05) is 29.2 Å². The quantitative estimate of drug-likeness (QED) is 0.823. The number of carbonyl (C=O) groups excluding carboxylic acids is 1. The maximum Gasteiger partial charge on any atom is 0.162 e. The highest BCUT2D eigenvalue weighted by Gasteiger charge is 2.02. The van der Waals surface area contributed by atoms with Crippen LogP contribution in [0.4, 0.5) is 5.69 Å². The second-order valence-electron chi connectivity index (χ2n) is 3.63. The smallest absolute Gasteiger partial charge is 0.162 e. The summed E-state index contributed by atoms with van der Waals surface area (Å²) in [7, 11) is 0. The van der Waals surface area contributed by atoms with Gasteiger partial charge in [-0.2, -0.15) is 0 Å². The summed E-state index contributed by atoms with van der Waals surface area (Å²) in [6, 6.07) is 7.57. The number of benzene rings is 1. The number of thiazole rings is 1. The number of Topliss-reactive ketones (excluding diaryl/α,β-unsaturated/α-hetero) is 1. The summed E-state index contributed by atoms with van der Waals surface area (Å²) in [6.45, 7) is 2.59. The van der Waals surface area contributed by atoms with Gasteiger partial charge in [0.2, 0.25) is 0 Å². The minimum absolute atomic E-state index is 0.177. The molecule has 0 unspecified atom stereocenters. The average molecular weight is 246 g/mol. The number of rotatable bonds is 5. The molecule has 0 amide bonds. The fourth-order valence-electron chi connectivity index (χ4n) is 1.50. The first-order valence-corrected chi connectivity index (χ1v) is 6.43. The van der Waals surface area contributed by atoms with Crippen LogP contribution in [0.5, 0.6) is 0 Å². The van der Waals surface area contributed by atoms with Crippen molar-refractivity contribution in [1.29, 1.82) is 0 Å². The second kappa shape index (κ2) is 5.59. The highest BCUT2D eigenvalue weighted by atomic mass is 32.1. The van der Waals surface area contributed by atoms with E-state index in [1.807, 2.05) is 36.6 Å². The van der Waals surface area contributed by atoms with E-state index in [9.17, 15) is 4.79 Å². The van der Waals surface area contributed by atoms with Crippen molar-refractivity contribution in [1.82, 2.24) is 4.98 Å². The van der Waals surface area contributed by atoms with Crippen molar-refractivity contribution in [3.63, 3.8) is 0 Å². The minimum atomic E-state index is 0.177. The van der Waals surface area contributed by atoms with Crippen molar-refractivity contribution < 1.29 is 4.79 Å². The summed E-state index contributed by atoms with van der Waals surface area (Å²) in [5.41, 5.74) is 1.78. The van der Waals surface area contributed by atoms with Crippen LogP contribution in [0.25, 0.3) is 0 Å². The summed E-state index contributed by atoms with van der Waals surface area (Å²) >= 11 is 1.63. The lowest BCUT2D eigenvalue weighted by atomic mass is 10.1. The zero-order valence-corrected chi connectivity index (χ0v) is 10.5. The molecule has 0 bridgehead atoms. The Morgan fingerprint density at radius 1 is 1.35 bits per heavy atom. The van der Waals surface area contributed by atoms with Crippen molar-refractivity contribution in [3.8, 4) is 0 Å². The fraction of sp³-hybridized carbons (Fsp3) is 0.231. The zero-order chi connectivity index (χ0) is 12.1. The predicted octanol–water partition coefficient (Wildman–Crippen LogP) is 3.35. The van der Waals surface area contributed by atoms with Gasteiger partial charge in [-0.25, -0.2) is 4.98 Å². The molecule has 2 rings (SSSR count). The molecule has 0 saturated heterocycles. The number of carbonyl (C=O) groups is 1. The van der Waals surface area contributed by atoms with E-state index in [1.54, 1.807) is 17.5 Å². The molecule has 2 aromatic rings. The number of ketones is 1. The third kappa shape index (κ3) is 3.14. The van der Waals surface area contributed by atoms with Crippen molar-refractivity contribution in [3.05, 3.63) is 46.4 Å². The topological polar surface area (TPSA) is 42.0 Å². The molecule has 88 valence electrons. The van der Waals surface area contributed by atoms with E-state index in [0.29, 0.717) is 6.42 Å². The van der Waals surface area contributed by atoms with Crippen molar-refractivity contribution in [2.24, 2.45) is 0 Å². The van der Waals surface area contributed by atoms with Gasteiger partial charge in [0.15, 0.2) is 5.78 Å². The summed E-state index contributed by atoms with van der Waals surface area (Å²) < 4.78 is 0.